The normalized spacial score (nSPS) is 14.4. The van der Waals surface area contributed by atoms with Crippen LogP contribution in [0.15, 0.2) is 18.2 Å². The number of halogens is 2. The number of carbonyl (C=O) groups excluding carboxylic acids is 1. The molecule has 0 saturated carbocycles. The molecule has 2 atom stereocenters. The summed E-state index contributed by atoms with van der Waals surface area (Å²) in [4.78, 5) is 12.0. The predicted molar refractivity (Wildman–Crippen MR) is 79.8 cm³/mol. The van der Waals surface area contributed by atoms with Crippen molar-refractivity contribution in [3.8, 4) is 0 Å². The van der Waals surface area contributed by atoms with Gasteiger partial charge in [-0.05, 0) is 18.9 Å². The first-order valence-electron chi connectivity index (χ1n) is 6.82. The monoisotopic (exact) mass is 334 g/mol. The van der Waals surface area contributed by atoms with Crippen LogP contribution in [0.5, 0.6) is 0 Å². The van der Waals surface area contributed by atoms with Crippen LogP contribution >= 0.6 is 0 Å². The zero-order valence-corrected chi connectivity index (χ0v) is 13.3. The van der Waals surface area contributed by atoms with Crippen molar-refractivity contribution in [2.75, 3.05) is 12.0 Å². The molecule has 0 saturated heterocycles. The molecule has 0 fully saturated rings. The second kappa shape index (κ2) is 7.64. The highest BCUT2D eigenvalue weighted by atomic mass is 32.2. The maximum atomic E-state index is 13.7. The Labute approximate surface area is 128 Å². The lowest BCUT2D eigenvalue weighted by Crippen LogP contribution is -2.43. The Hall–Kier alpha value is -1.54. The lowest BCUT2D eigenvalue weighted by atomic mass is 10.0. The van der Waals surface area contributed by atoms with E-state index in [1.54, 1.807) is 6.92 Å². The van der Waals surface area contributed by atoms with Crippen molar-refractivity contribution in [2.24, 2.45) is 5.73 Å². The second-order valence-corrected chi connectivity index (χ2v) is 7.42. The Balaban J connectivity index is 2.75. The van der Waals surface area contributed by atoms with Gasteiger partial charge in [-0.1, -0.05) is 13.0 Å². The Morgan fingerprint density at radius 2 is 2.00 bits per heavy atom. The maximum absolute atomic E-state index is 13.7. The fourth-order valence-electron chi connectivity index (χ4n) is 1.93. The number of nitrogens with one attached hydrogen (secondary N) is 1. The average Bonchev–Trinajstić information content (AvgIpc) is 2.41. The Morgan fingerprint density at radius 3 is 2.50 bits per heavy atom. The van der Waals surface area contributed by atoms with Crippen LogP contribution in [-0.2, 0) is 14.6 Å². The van der Waals surface area contributed by atoms with Gasteiger partial charge < -0.3 is 11.1 Å². The number of carbonyl (C=O) groups is 1. The van der Waals surface area contributed by atoms with Crippen molar-refractivity contribution >= 4 is 15.7 Å². The van der Waals surface area contributed by atoms with E-state index in [-0.39, 0.29) is 17.7 Å². The van der Waals surface area contributed by atoms with E-state index in [0.29, 0.717) is 6.42 Å². The van der Waals surface area contributed by atoms with Gasteiger partial charge in [-0.15, -0.1) is 0 Å². The Bertz CT molecular complexity index is 635. The van der Waals surface area contributed by atoms with Gasteiger partial charge in [-0.3, -0.25) is 4.79 Å². The van der Waals surface area contributed by atoms with Gasteiger partial charge in [-0.2, -0.15) is 0 Å². The zero-order valence-electron chi connectivity index (χ0n) is 12.5. The molecule has 8 heteroatoms. The largest absolute Gasteiger partial charge is 0.348 e. The van der Waals surface area contributed by atoms with E-state index >= 15 is 0 Å². The van der Waals surface area contributed by atoms with Crippen LogP contribution in [0.2, 0.25) is 0 Å². The van der Waals surface area contributed by atoms with Crippen molar-refractivity contribution < 1.29 is 22.0 Å². The number of hydrogen-bond acceptors (Lipinski definition) is 4. The molecule has 0 heterocycles. The van der Waals surface area contributed by atoms with E-state index in [1.807, 2.05) is 0 Å². The Kier molecular flexibility index (Phi) is 6.43. The molecule has 124 valence electrons. The molecule has 0 radical (unpaired) electrons. The van der Waals surface area contributed by atoms with Crippen molar-refractivity contribution in [1.82, 2.24) is 5.32 Å². The van der Waals surface area contributed by atoms with E-state index in [1.165, 1.54) is 6.07 Å². The minimum Gasteiger partial charge on any atom is -0.348 e. The highest BCUT2D eigenvalue weighted by Gasteiger charge is 2.21. The molecule has 1 rings (SSSR count). The standard InChI is InChI=1S/C14H20F2N2O3S/c1-3-13(10-5-4-9(15)8-11(10)16)18-14(19)12(17)6-7-22(2,20)21/h4-5,8,12-13H,3,6-7,17H2,1-2H3,(H,18,19). The number of sulfone groups is 1. The first kappa shape index (κ1) is 18.5. The molecule has 0 aliphatic rings. The van der Waals surface area contributed by atoms with Gasteiger partial charge in [0.25, 0.3) is 0 Å². The average molecular weight is 334 g/mol. The van der Waals surface area contributed by atoms with E-state index in [4.69, 9.17) is 5.73 Å². The van der Waals surface area contributed by atoms with Crippen molar-refractivity contribution in [1.29, 1.82) is 0 Å². The zero-order chi connectivity index (χ0) is 16.9. The van der Waals surface area contributed by atoms with Gasteiger partial charge in [0.1, 0.15) is 21.5 Å². The predicted octanol–water partition coefficient (Wildman–Crippen LogP) is 1.29. The molecule has 0 aliphatic heterocycles. The van der Waals surface area contributed by atoms with Gasteiger partial charge in [0.05, 0.1) is 17.8 Å². The molecule has 5 nitrogen and oxygen atoms in total. The summed E-state index contributed by atoms with van der Waals surface area (Å²) in [6.45, 7) is 1.73. The summed E-state index contributed by atoms with van der Waals surface area (Å²) in [6, 6.07) is 1.45. The Morgan fingerprint density at radius 1 is 1.36 bits per heavy atom. The van der Waals surface area contributed by atoms with Gasteiger partial charge in [0.2, 0.25) is 5.91 Å². The molecule has 2 unspecified atom stereocenters. The molecule has 3 N–H and O–H groups in total. The summed E-state index contributed by atoms with van der Waals surface area (Å²) in [5.41, 5.74) is 5.80. The van der Waals surface area contributed by atoms with Gasteiger partial charge >= 0.3 is 0 Å². The lowest BCUT2D eigenvalue weighted by molar-refractivity contribution is -0.123. The fourth-order valence-corrected chi connectivity index (χ4v) is 2.62. The van der Waals surface area contributed by atoms with E-state index < -0.39 is 39.5 Å². The fraction of sp³-hybridized carbons (Fsp3) is 0.500. The topological polar surface area (TPSA) is 89.3 Å². The van der Waals surface area contributed by atoms with Crippen molar-refractivity contribution in [3.05, 3.63) is 35.4 Å². The third-order valence-electron chi connectivity index (χ3n) is 3.20. The van der Waals surface area contributed by atoms with Crippen LogP contribution in [0.3, 0.4) is 0 Å². The summed E-state index contributed by atoms with van der Waals surface area (Å²) < 4.78 is 48.8. The first-order valence-corrected chi connectivity index (χ1v) is 8.88. The van der Waals surface area contributed by atoms with Crippen molar-refractivity contribution in [3.63, 3.8) is 0 Å². The molecule has 0 spiro atoms. The van der Waals surface area contributed by atoms with Gasteiger partial charge in [-0.25, -0.2) is 17.2 Å². The van der Waals surface area contributed by atoms with Crippen molar-refractivity contribution in [2.45, 2.75) is 31.8 Å². The third kappa shape index (κ3) is 5.69. The third-order valence-corrected chi connectivity index (χ3v) is 4.18. The van der Waals surface area contributed by atoms with Crippen LogP contribution in [-0.4, -0.2) is 32.4 Å². The molecule has 1 amide bonds. The molecular weight excluding hydrogens is 314 g/mol. The minimum absolute atomic E-state index is 0.0208. The van der Waals surface area contributed by atoms with Crippen LogP contribution < -0.4 is 11.1 Å². The molecule has 0 aliphatic carbocycles. The summed E-state index contributed by atoms with van der Waals surface area (Å²) in [7, 11) is -3.21. The number of rotatable bonds is 7. The number of hydrogen-bond donors (Lipinski definition) is 2. The van der Waals surface area contributed by atoms with Crippen LogP contribution in [0.1, 0.15) is 31.4 Å². The second-order valence-electron chi connectivity index (χ2n) is 5.16. The number of amides is 1. The summed E-state index contributed by atoms with van der Waals surface area (Å²) >= 11 is 0. The van der Waals surface area contributed by atoms with Crippen LogP contribution in [0.4, 0.5) is 8.78 Å². The van der Waals surface area contributed by atoms with E-state index in [9.17, 15) is 22.0 Å². The van der Waals surface area contributed by atoms with Crippen LogP contribution in [0.25, 0.3) is 0 Å². The van der Waals surface area contributed by atoms with Crippen LogP contribution in [0, 0.1) is 11.6 Å². The number of nitrogens with two attached hydrogens (primary N) is 1. The number of benzene rings is 1. The molecule has 22 heavy (non-hydrogen) atoms. The molecule has 1 aromatic rings. The molecule has 0 aromatic heterocycles. The highest BCUT2D eigenvalue weighted by molar-refractivity contribution is 7.90. The van der Waals surface area contributed by atoms with E-state index in [2.05, 4.69) is 5.32 Å². The smallest absolute Gasteiger partial charge is 0.237 e. The van der Waals surface area contributed by atoms with Gasteiger partial charge in [0.15, 0.2) is 0 Å². The van der Waals surface area contributed by atoms with E-state index in [0.717, 1.165) is 18.4 Å². The quantitative estimate of drug-likeness (QED) is 0.786. The summed E-state index contributed by atoms with van der Waals surface area (Å²) in [5.74, 6) is -2.23. The lowest BCUT2D eigenvalue weighted by Gasteiger charge is -2.20. The summed E-state index contributed by atoms with van der Waals surface area (Å²) in [5, 5.41) is 2.56. The summed E-state index contributed by atoms with van der Waals surface area (Å²) in [6.07, 6.45) is 1.42. The first-order chi connectivity index (χ1) is 10.1. The van der Waals surface area contributed by atoms with Gasteiger partial charge in [0, 0.05) is 17.9 Å². The maximum Gasteiger partial charge on any atom is 0.237 e. The highest BCUT2D eigenvalue weighted by Crippen LogP contribution is 2.21. The molecular formula is C14H20F2N2O3S. The molecule has 0 bridgehead atoms. The SMILES string of the molecule is CCC(NC(=O)C(N)CCS(C)(=O)=O)c1ccc(F)cc1F. The molecule has 1 aromatic carbocycles. The minimum atomic E-state index is -3.21.